The zero-order valence-corrected chi connectivity index (χ0v) is 6.75. The van der Waals surface area contributed by atoms with Crippen LogP contribution in [0.3, 0.4) is 0 Å². The molecule has 11 heavy (non-hydrogen) atoms. The lowest BCUT2D eigenvalue weighted by Gasteiger charge is -2.07. The van der Waals surface area contributed by atoms with Crippen LogP contribution in [-0.2, 0) is 0 Å². The van der Waals surface area contributed by atoms with Gasteiger partial charge in [0, 0.05) is 5.69 Å². The number of rotatable bonds is 2. The van der Waals surface area contributed by atoms with Crippen molar-refractivity contribution in [2.24, 2.45) is 5.73 Å². The Labute approximate surface area is 67.2 Å². The van der Waals surface area contributed by atoms with Crippen molar-refractivity contribution < 1.29 is 0 Å². The lowest BCUT2D eigenvalue weighted by molar-refractivity contribution is 0.774. The van der Waals surface area contributed by atoms with Crippen LogP contribution in [0, 0.1) is 0 Å². The van der Waals surface area contributed by atoms with Crippen LogP contribution in [0.4, 0.5) is 5.69 Å². The molecule has 0 unspecified atom stereocenters. The molecule has 1 aromatic rings. The van der Waals surface area contributed by atoms with E-state index in [0.717, 1.165) is 5.69 Å². The molecule has 1 atom stereocenters. The molecule has 0 spiro atoms. The summed E-state index contributed by atoms with van der Waals surface area (Å²) in [6.07, 6.45) is 0. The zero-order valence-electron chi connectivity index (χ0n) is 6.75. The SMILES string of the molecule is C[C@H](CN)c1ccc(N)cc1. The Hall–Kier alpha value is -1.02. The Morgan fingerprint density at radius 3 is 2.27 bits per heavy atom. The van der Waals surface area contributed by atoms with Crippen LogP contribution in [0.2, 0.25) is 0 Å². The Balaban J connectivity index is 2.81. The van der Waals surface area contributed by atoms with Gasteiger partial charge >= 0.3 is 0 Å². The molecule has 2 nitrogen and oxygen atoms in total. The molecule has 0 amide bonds. The quantitative estimate of drug-likeness (QED) is 0.625. The Bertz CT molecular complexity index is 216. The summed E-state index contributed by atoms with van der Waals surface area (Å²) in [7, 11) is 0. The second-order valence-corrected chi connectivity index (χ2v) is 2.80. The highest BCUT2D eigenvalue weighted by atomic mass is 14.5. The van der Waals surface area contributed by atoms with Crippen LogP contribution in [0.25, 0.3) is 0 Å². The van der Waals surface area contributed by atoms with Crippen molar-refractivity contribution in [1.82, 2.24) is 0 Å². The molecule has 1 rings (SSSR count). The molecule has 0 radical (unpaired) electrons. The molecule has 0 heterocycles. The van der Waals surface area contributed by atoms with Crippen LogP contribution < -0.4 is 11.5 Å². The smallest absolute Gasteiger partial charge is 0.0314 e. The third-order valence-electron chi connectivity index (χ3n) is 1.86. The van der Waals surface area contributed by atoms with Gasteiger partial charge in [0.15, 0.2) is 0 Å². The highest BCUT2D eigenvalue weighted by molar-refractivity contribution is 5.40. The normalized spacial score (nSPS) is 12.9. The molecule has 0 aromatic heterocycles. The van der Waals surface area contributed by atoms with E-state index in [1.54, 1.807) is 0 Å². The van der Waals surface area contributed by atoms with Crippen molar-refractivity contribution in [2.75, 3.05) is 12.3 Å². The maximum atomic E-state index is 5.54. The van der Waals surface area contributed by atoms with E-state index in [4.69, 9.17) is 11.5 Å². The molecule has 0 aliphatic carbocycles. The summed E-state index contributed by atoms with van der Waals surface area (Å²) < 4.78 is 0. The van der Waals surface area contributed by atoms with E-state index in [9.17, 15) is 0 Å². The molecule has 0 saturated heterocycles. The fraction of sp³-hybridized carbons (Fsp3) is 0.333. The van der Waals surface area contributed by atoms with Gasteiger partial charge in [0.1, 0.15) is 0 Å². The summed E-state index contributed by atoms with van der Waals surface area (Å²) in [5.41, 5.74) is 13.1. The van der Waals surface area contributed by atoms with Gasteiger partial charge in [-0.25, -0.2) is 0 Å². The maximum absolute atomic E-state index is 5.54. The summed E-state index contributed by atoms with van der Waals surface area (Å²) in [5, 5.41) is 0. The summed E-state index contributed by atoms with van der Waals surface area (Å²) >= 11 is 0. The van der Waals surface area contributed by atoms with Gasteiger partial charge in [0.2, 0.25) is 0 Å². The van der Waals surface area contributed by atoms with Crippen LogP contribution in [0.15, 0.2) is 24.3 Å². The van der Waals surface area contributed by atoms with Crippen molar-refractivity contribution in [3.05, 3.63) is 29.8 Å². The summed E-state index contributed by atoms with van der Waals surface area (Å²) in [5.74, 6) is 0.426. The van der Waals surface area contributed by atoms with E-state index in [1.807, 2.05) is 24.3 Å². The number of benzene rings is 1. The van der Waals surface area contributed by atoms with Gasteiger partial charge in [-0.3, -0.25) is 0 Å². The summed E-state index contributed by atoms with van der Waals surface area (Å²) in [6.45, 7) is 2.79. The Morgan fingerprint density at radius 2 is 1.82 bits per heavy atom. The van der Waals surface area contributed by atoms with E-state index in [-0.39, 0.29) is 0 Å². The van der Waals surface area contributed by atoms with Crippen molar-refractivity contribution in [3.63, 3.8) is 0 Å². The number of nitrogens with two attached hydrogens (primary N) is 2. The number of hydrogen-bond acceptors (Lipinski definition) is 2. The molecule has 4 N–H and O–H groups in total. The first-order chi connectivity index (χ1) is 5.24. The lowest BCUT2D eigenvalue weighted by atomic mass is 10.0. The predicted octanol–water partition coefficient (Wildman–Crippen LogP) is 1.33. The third kappa shape index (κ3) is 1.95. The molecule has 0 saturated carbocycles. The second kappa shape index (κ2) is 3.39. The molecule has 1 aromatic carbocycles. The number of anilines is 1. The predicted molar refractivity (Wildman–Crippen MR) is 48.3 cm³/mol. The first-order valence-electron chi connectivity index (χ1n) is 3.79. The fourth-order valence-corrected chi connectivity index (χ4v) is 0.961. The molecular formula is C9H14N2. The Kier molecular flexibility index (Phi) is 2.49. The van der Waals surface area contributed by atoms with Crippen molar-refractivity contribution >= 4 is 5.69 Å². The Morgan fingerprint density at radius 1 is 1.27 bits per heavy atom. The van der Waals surface area contributed by atoms with Crippen LogP contribution in [0.1, 0.15) is 18.4 Å². The van der Waals surface area contributed by atoms with E-state index in [1.165, 1.54) is 5.56 Å². The van der Waals surface area contributed by atoms with Crippen molar-refractivity contribution in [1.29, 1.82) is 0 Å². The van der Waals surface area contributed by atoms with E-state index < -0.39 is 0 Å². The van der Waals surface area contributed by atoms with Gasteiger partial charge < -0.3 is 11.5 Å². The minimum absolute atomic E-state index is 0.426. The number of hydrogen-bond donors (Lipinski definition) is 2. The second-order valence-electron chi connectivity index (χ2n) is 2.80. The van der Waals surface area contributed by atoms with Crippen molar-refractivity contribution in [3.8, 4) is 0 Å². The molecule has 0 aliphatic rings. The summed E-state index contributed by atoms with van der Waals surface area (Å²) in [4.78, 5) is 0. The lowest BCUT2D eigenvalue weighted by Crippen LogP contribution is -2.08. The first-order valence-corrected chi connectivity index (χ1v) is 3.79. The summed E-state index contributed by atoms with van der Waals surface area (Å²) in [6, 6.07) is 7.85. The maximum Gasteiger partial charge on any atom is 0.0314 e. The first kappa shape index (κ1) is 8.08. The molecule has 2 heteroatoms. The van der Waals surface area contributed by atoms with E-state index >= 15 is 0 Å². The van der Waals surface area contributed by atoms with Crippen LogP contribution in [-0.4, -0.2) is 6.54 Å². The highest BCUT2D eigenvalue weighted by Gasteiger charge is 2.00. The minimum Gasteiger partial charge on any atom is -0.399 e. The average Bonchev–Trinajstić information content (AvgIpc) is 2.05. The molecule has 60 valence electrons. The highest BCUT2D eigenvalue weighted by Crippen LogP contribution is 2.14. The van der Waals surface area contributed by atoms with E-state index in [0.29, 0.717) is 12.5 Å². The van der Waals surface area contributed by atoms with Crippen LogP contribution in [0.5, 0.6) is 0 Å². The topological polar surface area (TPSA) is 52.0 Å². The van der Waals surface area contributed by atoms with Gasteiger partial charge in [0.25, 0.3) is 0 Å². The molecule has 0 aliphatic heterocycles. The third-order valence-corrected chi connectivity index (χ3v) is 1.86. The van der Waals surface area contributed by atoms with Gasteiger partial charge in [0.05, 0.1) is 0 Å². The molecular weight excluding hydrogens is 136 g/mol. The standard InChI is InChI=1S/C9H14N2/c1-7(6-10)8-2-4-9(11)5-3-8/h2-5,7H,6,10-11H2,1H3/t7-/m1/s1. The average molecular weight is 150 g/mol. The van der Waals surface area contributed by atoms with E-state index in [2.05, 4.69) is 6.92 Å². The monoisotopic (exact) mass is 150 g/mol. The van der Waals surface area contributed by atoms with Crippen molar-refractivity contribution in [2.45, 2.75) is 12.8 Å². The fourth-order valence-electron chi connectivity index (χ4n) is 0.961. The van der Waals surface area contributed by atoms with Gasteiger partial charge in [-0.1, -0.05) is 19.1 Å². The van der Waals surface area contributed by atoms with Gasteiger partial charge in [-0.2, -0.15) is 0 Å². The zero-order chi connectivity index (χ0) is 8.27. The van der Waals surface area contributed by atoms with Crippen LogP contribution >= 0.6 is 0 Å². The van der Waals surface area contributed by atoms with Gasteiger partial charge in [-0.15, -0.1) is 0 Å². The molecule has 0 fully saturated rings. The largest absolute Gasteiger partial charge is 0.399 e. The molecule has 0 bridgehead atoms. The number of nitrogen functional groups attached to an aromatic ring is 1. The van der Waals surface area contributed by atoms with Gasteiger partial charge in [-0.05, 0) is 30.2 Å². The minimum atomic E-state index is 0.426.